The van der Waals surface area contributed by atoms with Gasteiger partial charge in [-0.1, -0.05) is 153 Å². The quantitative estimate of drug-likeness (QED) is 0.218. The van der Waals surface area contributed by atoms with E-state index in [1.54, 1.807) is 12.2 Å². The van der Waals surface area contributed by atoms with E-state index >= 15 is 0 Å². The second-order valence-corrected chi connectivity index (χ2v) is 11.6. The third-order valence-electron chi connectivity index (χ3n) is 7.01. The smallest absolute Gasteiger partial charge is 0.00761 e. The minimum atomic E-state index is 0.184. The van der Waals surface area contributed by atoms with Crippen LogP contribution in [0.3, 0.4) is 0 Å². The molecule has 0 N–H and O–H groups in total. The van der Waals surface area contributed by atoms with Crippen molar-refractivity contribution in [3.8, 4) is 22.3 Å². The van der Waals surface area contributed by atoms with Gasteiger partial charge in [0.25, 0.3) is 0 Å². The molecule has 3 aromatic carbocycles. The molecule has 42 heavy (non-hydrogen) atoms. The molecule has 0 aromatic heterocycles. The Hall–Kier alpha value is -3.38. The van der Waals surface area contributed by atoms with Crippen LogP contribution in [-0.2, 0) is 18.3 Å². The predicted molar refractivity (Wildman–Crippen MR) is 195 cm³/mol. The summed E-state index contributed by atoms with van der Waals surface area (Å²) in [6.45, 7) is 36.0. The Morgan fingerprint density at radius 2 is 1.33 bits per heavy atom. The van der Waals surface area contributed by atoms with Gasteiger partial charge in [0.05, 0.1) is 0 Å². The summed E-state index contributed by atoms with van der Waals surface area (Å²) < 4.78 is 0. The minimum Gasteiger partial charge on any atom is -0.103 e. The molecule has 1 aliphatic rings. The third kappa shape index (κ3) is 11.8. The number of benzene rings is 3. The molecular weight excluding hydrogens is 504 g/mol. The van der Waals surface area contributed by atoms with Crippen molar-refractivity contribution in [1.82, 2.24) is 0 Å². The van der Waals surface area contributed by atoms with Crippen LogP contribution in [-0.4, -0.2) is 0 Å². The SMILES string of the molecule is C=C/C=C(\C)C(=C)C.C=CC.CC.CC.Cc1cccc(-c2ccc3c(c2)CC(C)C3)c1-c1ccc(C(C)(C)C)cc1. The lowest BCUT2D eigenvalue weighted by Gasteiger charge is -2.20. The highest BCUT2D eigenvalue weighted by atomic mass is 14.2. The van der Waals surface area contributed by atoms with Crippen molar-refractivity contribution in [3.05, 3.63) is 132 Å². The summed E-state index contributed by atoms with van der Waals surface area (Å²) in [5, 5.41) is 0. The fourth-order valence-corrected chi connectivity index (χ4v) is 4.75. The van der Waals surface area contributed by atoms with Crippen molar-refractivity contribution in [2.45, 2.75) is 101 Å². The summed E-state index contributed by atoms with van der Waals surface area (Å²) in [5.74, 6) is 0.775. The zero-order valence-electron chi connectivity index (χ0n) is 29.1. The van der Waals surface area contributed by atoms with Gasteiger partial charge < -0.3 is 0 Å². The Labute approximate surface area is 261 Å². The van der Waals surface area contributed by atoms with E-state index in [0.717, 1.165) is 11.5 Å². The molecule has 0 saturated heterocycles. The van der Waals surface area contributed by atoms with Gasteiger partial charge in [0, 0.05) is 0 Å². The van der Waals surface area contributed by atoms with Gasteiger partial charge in [0.2, 0.25) is 0 Å². The van der Waals surface area contributed by atoms with Gasteiger partial charge in [-0.25, -0.2) is 0 Å². The van der Waals surface area contributed by atoms with Crippen LogP contribution in [0.1, 0.15) is 98.4 Å². The van der Waals surface area contributed by atoms with Crippen molar-refractivity contribution < 1.29 is 0 Å². The first-order valence-corrected chi connectivity index (χ1v) is 15.8. The molecule has 1 unspecified atom stereocenters. The van der Waals surface area contributed by atoms with E-state index in [1.165, 1.54) is 62.9 Å². The zero-order chi connectivity index (χ0) is 32.5. The standard InChI is InChI=1S/C27H30.C8H12.C3H6.2C2H6/c1-18-15-21-9-10-22(17-23(21)16-18)25-8-6-7-19(2)26(25)20-11-13-24(14-12-20)27(3,4)5;1-5-6-8(4)7(2)3;1-3-2;2*1-2/h6-14,17-18H,15-16H2,1-5H3;5-6H,1-2H2,3-4H3;3H,1H2,2H3;2*1-2H3/b;8-6+;;;. The average molecular weight is 565 g/mol. The van der Waals surface area contributed by atoms with Gasteiger partial charge in [0.1, 0.15) is 0 Å². The lowest BCUT2D eigenvalue weighted by molar-refractivity contribution is 0.590. The molecule has 0 spiro atoms. The van der Waals surface area contributed by atoms with E-state index in [9.17, 15) is 0 Å². The first-order valence-electron chi connectivity index (χ1n) is 15.8. The second-order valence-electron chi connectivity index (χ2n) is 11.6. The second kappa shape index (κ2) is 19.7. The Balaban J connectivity index is 0.000000946. The summed E-state index contributed by atoms with van der Waals surface area (Å²) in [5.41, 5.74) is 13.6. The highest BCUT2D eigenvalue weighted by molar-refractivity contribution is 5.86. The Morgan fingerprint density at radius 3 is 1.81 bits per heavy atom. The molecule has 0 fully saturated rings. The average Bonchev–Trinajstić information content (AvgIpc) is 3.35. The van der Waals surface area contributed by atoms with Gasteiger partial charge >= 0.3 is 0 Å². The molecular formula is C42H60. The maximum atomic E-state index is 3.76. The van der Waals surface area contributed by atoms with Gasteiger partial charge in [-0.05, 0) is 102 Å². The molecule has 1 aliphatic carbocycles. The third-order valence-corrected chi connectivity index (χ3v) is 7.01. The molecule has 0 bridgehead atoms. The molecule has 3 aromatic rings. The first-order chi connectivity index (χ1) is 19.9. The molecule has 0 nitrogen and oxygen atoms in total. The Morgan fingerprint density at radius 1 is 0.810 bits per heavy atom. The van der Waals surface area contributed by atoms with E-state index in [-0.39, 0.29) is 5.41 Å². The summed E-state index contributed by atoms with van der Waals surface area (Å²) in [4.78, 5) is 0. The number of rotatable bonds is 4. The van der Waals surface area contributed by atoms with E-state index in [1.807, 2.05) is 54.5 Å². The zero-order valence-corrected chi connectivity index (χ0v) is 29.1. The fraction of sp³-hybridized carbons (Fsp3) is 0.381. The normalized spacial score (nSPS) is 13.2. The summed E-state index contributed by atoms with van der Waals surface area (Å²) in [6, 6.07) is 23.0. The van der Waals surface area contributed by atoms with E-state index in [4.69, 9.17) is 0 Å². The number of allylic oxidation sites excluding steroid dienone is 5. The fourth-order valence-electron chi connectivity index (χ4n) is 4.75. The van der Waals surface area contributed by atoms with Crippen LogP contribution >= 0.6 is 0 Å². The van der Waals surface area contributed by atoms with Crippen LogP contribution in [0.15, 0.2) is 110 Å². The molecule has 4 rings (SSSR count). The Kier molecular flexibility index (Phi) is 18.1. The van der Waals surface area contributed by atoms with Crippen molar-refractivity contribution in [2.75, 3.05) is 0 Å². The summed E-state index contributed by atoms with van der Waals surface area (Å²) in [7, 11) is 0. The number of aryl methyl sites for hydroxylation is 1. The van der Waals surface area contributed by atoms with Crippen molar-refractivity contribution in [3.63, 3.8) is 0 Å². The van der Waals surface area contributed by atoms with E-state index < -0.39 is 0 Å². The predicted octanol–water partition coefficient (Wildman–Crippen LogP) is 13.3. The van der Waals surface area contributed by atoms with Crippen LogP contribution < -0.4 is 0 Å². The highest BCUT2D eigenvalue weighted by Gasteiger charge is 2.19. The monoisotopic (exact) mass is 564 g/mol. The highest BCUT2D eigenvalue weighted by Crippen LogP contribution is 2.38. The van der Waals surface area contributed by atoms with E-state index in [0.29, 0.717) is 0 Å². The van der Waals surface area contributed by atoms with Gasteiger partial charge in [0.15, 0.2) is 0 Å². The molecule has 0 saturated carbocycles. The Bertz CT molecular complexity index is 1270. The summed E-state index contributed by atoms with van der Waals surface area (Å²) in [6.07, 6.45) is 7.90. The largest absolute Gasteiger partial charge is 0.103 e. The maximum Gasteiger partial charge on any atom is -0.00761 e. The van der Waals surface area contributed by atoms with Crippen molar-refractivity contribution >= 4 is 0 Å². The molecule has 0 amide bonds. The van der Waals surface area contributed by atoms with Crippen LogP contribution in [0.5, 0.6) is 0 Å². The van der Waals surface area contributed by atoms with Crippen LogP contribution in [0.25, 0.3) is 22.3 Å². The lowest BCUT2D eigenvalue weighted by atomic mass is 9.84. The van der Waals surface area contributed by atoms with Crippen LogP contribution in [0.4, 0.5) is 0 Å². The number of hydrogen-bond donors (Lipinski definition) is 0. The first kappa shape index (κ1) is 38.6. The molecule has 228 valence electrons. The maximum absolute atomic E-state index is 3.76. The molecule has 0 heteroatoms. The molecule has 1 atom stereocenters. The topological polar surface area (TPSA) is 0 Å². The van der Waals surface area contributed by atoms with Gasteiger partial charge in [-0.3, -0.25) is 0 Å². The number of fused-ring (bicyclic) bond motifs is 1. The van der Waals surface area contributed by atoms with Crippen molar-refractivity contribution in [1.29, 1.82) is 0 Å². The molecule has 0 aliphatic heterocycles. The van der Waals surface area contributed by atoms with Crippen LogP contribution in [0.2, 0.25) is 0 Å². The summed E-state index contributed by atoms with van der Waals surface area (Å²) >= 11 is 0. The molecule has 0 radical (unpaired) electrons. The van der Waals surface area contributed by atoms with Crippen molar-refractivity contribution in [2.24, 2.45) is 5.92 Å². The van der Waals surface area contributed by atoms with Crippen LogP contribution in [0, 0.1) is 12.8 Å². The van der Waals surface area contributed by atoms with E-state index in [2.05, 4.69) is 115 Å². The number of hydrogen-bond acceptors (Lipinski definition) is 0. The van der Waals surface area contributed by atoms with Gasteiger partial charge in [-0.15, -0.1) is 6.58 Å². The van der Waals surface area contributed by atoms with Gasteiger partial charge in [-0.2, -0.15) is 0 Å². The molecule has 0 heterocycles. The minimum absolute atomic E-state index is 0.184. The lowest BCUT2D eigenvalue weighted by Crippen LogP contribution is -2.10.